The summed E-state index contributed by atoms with van der Waals surface area (Å²) in [5.41, 5.74) is 12.5. The van der Waals surface area contributed by atoms with Crippen LogP contribution in [0.25, 0.3) is 50.5 Å². The molecule has 5 aromatic carbocycles. The molecular weight excluding hydrogens is 436 g/mol. The van der Waals surface area contributed by atoms with Gasteiger partial charge >= 0.3 is 0 Å². The Morgan fingerprint density at radius 3 is 1.75 bits per heavy atom. The Morgan fingerprint density at radius 2 is 1.06 bits per heavy atom. The molecule has 0 radical (unpaired) electrons. The van der Waals surface area contributed by atoms with Crippen LogP contribution in [0.4, 0.5) is 0 Å². The molecule has 36 heavy (non-hydrogen) atoms. The third-order valence-corrected chi connectivity index (χ3v) is 7.18. The first kappa shape index (κ1) is 20.7. The molecular formula is C34H24N2. The van der Waals surface area contributed by atoms with Gasteiger partial charge in [0.15, 0.2) is 0 Å². The molecule has 0 aliphatic heterocycles. The molecule has 1 aromatic heterocycles. The molecule has 6 aromatic rings. The molecule has 0 spiro atoms. The molecule has 1 aliphatic rings. The third-order valence-electron chi connectivity index (χ3n) is 7.18. The highest BCUT2D eigenvalue weighted by Gasteiger charge is 2.24. The standard InChI is InChI=1S/C34H24N2/c1-3-11-24(12-4-1)28-17-9-18-29(25-13-5-2-6-14-25)33(28)36-22-21-35-34(36)31-20-10-19-30-27-16-8-7-15-26(27)23-32(30)31/h1-22H,23H2. The van der Waals surface area contributed by atoms with Crippen molar-refractivity contribution in [3.63, 3.8) is 0 Å². The van der Waals surface area contributed by atoms with Gasteiger partial charge in [-0.15, -0.1) is 0 Å². The first-order valence-corrected chi connectivity index (χ1v) is 12.4. The molecule has 2 heteroatoms. The number of para-hydroxylation sites is 1. The maximum atomic E-state index is 4.94. The predicted molar refractivity (Wildman–Crippen MR) is 148 cm³/mol. The second-order valence-corrected chi connectivity index (χ2v) is 9.22. The summed E-state index contributed by atoms with van der Waals surface area (Å²) in [7, 11) is 0. The van der Waals surface area contributed by atoms with Gasteiger partial charge in [0.05, 0.1) is 5.69 Å². The summed E-state index contributed by atoms with van der Waals surface area (Å²) in [6.45, 7) is 0. The average molecular weight is 461 g/mol. The summed E-state index contributed by atoms with van der Waals surface area (Å²) in [6.07, 6.45) is 4.96. The average Bonchev–Trinajstić information content (AvgIpc) is 3.58. The highest BCUT2D eigenvalue weighted by atomic mass is 15.1. The van der Waals surface area contributed by atoms with Gasteiger partial charge in [-0.2, -0.15) is 0 Å². The molecule has 2 nitrogen and oxygen atoms in total. The van der Waals surface area contributed by atoms with Gasteiger partial charge in [0.25, 0.3) is 0 Å². The summed E-state index contributed by atoms with van der Waals surface area (Å²) in [5, 5.41) is 0. The fourth-order valence-electron chi connectivity index (χ4n) is 5.55. The first-order valence-electron chi connectivity index (χ1n) is 12.4. The molecule has 0 unspecified atom stereocenters. The Labute approximate surface area is 211 Å². The molecule has 0 amide bonds. The molecule has 0 saturated heterocycles. The van der Waals surface area contributed by atoms with E-state index in [-0.39, 0.29) is 0 Å². The van der Waals surface area contributed by atoms with Crippen LogP contribution in [0, 0.1) is 0 Å². The molecule has 1 aliphatic carbocycles. The number of imidazole rings is 1. The van der Waals surface area contributed by atoms with Gasteiger partial charge in [-0.3, -0.25) is 4.57 Å². The summed E-state index contributed by atoms with van der Waals surface area (Å²) in [4.78, 5) is 4.94. The SMILES string of the molecule is c1ccc(-c2cccc(-c3ccccc3)c2-n2ccnc2-c2cccc3c2Cc2ccccc2-3)cc1. The molecule has 0 atom stereocenters. The van der Waals surface area contributed by atoms with E-state index in [2.05, 4.69) is 132 Å². The minimum absolute atomic E-state index is 0.931. The van der Waals surface area contributed by atoms with Crippen molar-refractivity contribution in [3.8, 4) is 50.5 Å². The lowest BCUT2D eigenvalue weighted by molar-refractivity contribution is 1.06. The zero-order valence-corrected chi connectivity index (χ0v) is 19.8. The number of nitrogens with zero attached hydrogens (tertiary/aromatic N) is 2. The van der Waals surface area contributed by atoms with Crippen molar-refractivity contribution in [2.24, 2.45) is 0 Å². The van der Waals surface area contributed by atoms with E-state index in [0.717, 1.165) is 17.9 Å². The number of hydrogen-bond donors (Lipinski definition) is 0. The lowest BCUT2D eigenvalue weighted by atomic mass is 9.95. The predicted octanol–water partition coefficient (Wildman–Crippen LogP) is 8.44. The molecule has 0 N–H and O–H groups in total. The molecule has 0 fully saturated rings. The van der Waals surface area contributed by atoms with E-state index in [9.17, 15) is 0 Å². The van der Waals surface area contributed by atoms with Crippen LogP contribution >= 0.6 is 0 Å². The van der Waals surface area contributed by atoms with Gasteiger partial charge in [-0.1, -0.05) is 121 Å². The Kier molecular flexibility index (Phi) is 4.89. The Hall–Kier alpha value is -4.69. The van der Waals surface area contributed by atoms with Crippen LogP contribution in [0.2, 0.25) is 0 Å². The molecule has 170 valence electrons. The Bertz CT molecular complexity index is 1640. The van der Waals surface area contributed by atoms with Gasteiger partial charge < -0.3 is 0 Å². The molecule has 7 rings (SSSR count). The maximum Gasteiger partial charge on any atom is 0.144 e. The summed E-state index contributed by atoms with van der Waals surface area (Å²) in [5.74, 6) is 0.972. The zero-order valence-electron chi connectivity index (χ0n) is 19.8. The number of aromatic nitrogens is 2. The van der Waals surface area contributed by atoms with Crippen molar-refractivity contribution in [1.29, 1.82) is 0 Å². The lowest BCUT2D eigenvalue weighted by Crippen LogP contribution is -2.03. The van der Waals surface area contributed by atoms with Crippen molar-refractivity contribution in [2.75, 3.05) is 0 Å². The van der Waals surface area contributed by atoms with Crippen LogP contribution in [0.5, 0.6) is 0 Å². The maximum absolute atomic E-state index is 4.94. The second kappa shape index (κ2) is 8.51. The van der Waals surface area contributed by atoms with Crippen LogP contribution in [0.15, 0.2) is 134 Å². The lowest BCUT2D eigenvalue weighted by Gasteiger charge is -2.19. The quantitative estimate of drug-likeness (QED) is 0.258. The van der Waals surface area contributed by atoms with Gasteiger partial charge in [0, 0.05) is 29.1 Å². The number of benzene rings is 5. The fourth-order valence-corrected chi connectivity index (χ4v) is 5.55. The van der Waals surface area contributed by atoms with Crippen molar-refractivity contribution in [2.45, 2.75) is 6.42 Å². The smallest absolute Gasteiger partial charge is 0.144 e. The highest BCUT2D eigenvalue weighted by Crippen LogP contribution is 2.43. The van der Waals surface area contributed by atoms with Gasteiger partial charge in [-0.05, 0) is 39.8 Å². The topological polar surface area (TPSA) is 17.8 Å². The summed E-state index contributed by atoms with van der Waals surface area (Å²) >= 11 is 0. The van der Waals surface area contributed by atoms with Crippen LogP contribution in [-0.2, 0) is 6.42 Å². The van der Waals surface area contributed by atoms with Gasteiger partial charge in [0.1, 0.15) is 5.82 Å². The van der Waals surface area contributed by atoms with E-state index in [1.165, 1.54) is 50.1 Å². The molecule has 0 saturated carbocycles. The monoisotopic (exact) mass is 460 g/mol. The number of fused-ring (bicyclic) bond motifs is 3. The summed E-state index contributed by atoms with van der Waals surface area (Å²) < 4.78 is 2.28. The normalized spacial score (nSPS) is 11.8. The van der Waals surface area contributed by atoms with Crippen LogP contribution in [0.3, 0.4) is 0 Å². The van der Waals surface area contributed by atoms with E-state index < -0.39 is 0 Å². The molecule has 1 heterocycles. The first-order chi connectivity index (χ1) is 17.9. The van der Waals surface area contributed by atoms with E-state index in [0.29, 0.717) is 0 Å². The fraction of sp³-hybridized carbons (Fsp3) is 0.0294. The van der Waals surface area contributed by atoms with Crippen LogP contribution in [-0.4, -0.2) is 9.55 Å². The van der Waals surface area contributed by atoms with E-state index >= 15 is 0 Å². The Balaban J connectivity index is 1.48. The minimum Gasteiger partial charge on any atom is -0.299 e. The van der Waals surface area contributed by atoms with E-state index in [1.807, 2.05) is 6.20 Å². The highest BCUT2D eigenvalue weighted by molar-refractivity contribution is 5.88. The minimum atomic E-state index is 0.931. The summed E-state index contributed by atoms with van der Waals surface area (Å²) in [6, 6.07) is 43.2. The van der Waals surface area contributed by atoms with Gasteiger partial charge in [0.2, 0.25) is 0 Å². The second-order valence-electron chi connectivity index (χ2n) is 9.22. The number of rotatable bonds is 4. The van der Waals surface area contributed by atoms with Crippen molar-refractivity contribution >= 4 is 0 Å². The van der Waals surface area contributed by atoms with E-state index in [4.69, 9.17) is 4.98 Å². The van der Waals surface area contributed by atoms with Crippen molar-refractivity contribution in [1.82, 2.24) is 9.55 Å². The van der Waals surface area contributed by atoms with Gasteiger partial charge in [-0.25, -0.2) is 4.98 Å². The van der Waals surface area contributed by atoms with Crippen molar-refractivity contribution < 1.29 is 0 Å². The third kappa shape index (κ3) is 3.30. The van der Waals surface area contributed by atoms with Crippen LogP contribution in [0.1, 0.15) is 11.1 Å². The Morgan fingerprint density at radius 1 is 0.500 bits per heavy atom. The molecule has 0 bridgehead atoms. The van der Waals surface area contributed by atoms with Crippen molar-refractivity contribution in [3.05, 3.63) is 145 Å². The largest absolute Gasteiger partial charge is 0.299 e. The zero-order chi connectivity index (χ0) is 23.9. The number of hydrogen-bond acceptors (Lipinski definition) is 1. The van der Waals surface area contributed by atoms with E-state index in [1.54, 1.807) is 0 Å². The van der Waals surface area contributed by atoms with Crippen LogP contribution < -0.4 is 0 Å².